The van der Waals surface area contributed by atoms with Crippen LogP contribution in [0.2, 0.25) is 0 Å². The summed E-state index contributed by atoms with van der Waals surface area (Å²) in [7, 11) is 1.59. The molecular formula is C25H23FN2O3. The van der Waals surface area contributed by atoms with Gasteiger partial charge >= 0.3 is 0 Å². The number of hydrogen-bond acceptors (Lipinski definition) is 3. The summed E-state index contributed by atoms with van der Waals surface area (Å²) in [5.41, 5.74) is 3.67. The molecule has 0 fully saturated rings. The van der Waals surface area contributed by atoms with Crippen LogP contribution < -0.4 is 15.0 Å². The average molecular weight is 418 g/mol. The Morgan fingerprint density at radius 1 is 1.06 bits per heavy atom. The topological polar surface area (TPSA) is 58.6 Å². The Morgan fingerprint density at radius 3 is 2.55 bits per heavy atom. The third-order valence-electron chi connectivity index (χ3n) is 5.46. The number of fused-ring (bicyclic) bond motifs is 1. The van der Waals surface area contributed by atoms with E-state index in [1.807, 2.05) is 25.1 Å². The number of ether oxygens (including phenoxy) is 1. The fourth-order valence-electron chi connectivity index (χ4n) is 3.86. The molecule has 4 rings (SSSR count). The number of hydrogen-bond donors (Lipinski definition) is 1. The molecule has 0 saturated heterocycles. The van der Waals surface area contributed by atoms with Crippen LogP contribution in [0.1, 0.15) is 38.8 Å². The van der Waals surface area contributed by atoms with E-state index in [0.29, 0.717) is 11.3 Å². The number of amides is 2. The molecule has 0 saturated carbocycles. The van der Waals surface area contributed by atoms with Gasteiger partial charge in [0.2, 0.25) is 0 Å². The molecule has 0 aliphatic carbocycles. The molecule has 0 aromatic heterocycles. The summed E-state index contributed by atoms with van der Waals surface area (Å²) >= 11 is 0. The van der Waals surface area contributed by atoms with Gasteiger partial charge in [0.1, 0.15) is 11.6 Å². The molecule has 158 valence electrons. The SMILES string of the molecule is COc1ccc(C(=O)N2c3cc(CNC(=O)c4cccc(F)c4)ccc3CC2C)cc1. The van der Waals surface area contributed by atoms with Crippen LogP contribution in [0, 0.1) is 5.82 Å². The van der Waals surface area contributed by atoms with Gasteiger partial charge in [-0.25, -0.2) is 4.39 Å². The van der Waals surface area contributed by atoms with Gasteiger partial charge in [-0.05, 0) is 73.0 Å². The molecule has 1 heterocycles. The Labute approximate surface area is 180 Å². The summed E-state index contributed by atoms with van der Waals surface area (Å²) in [4.78, 5) is 27.3. The summed E-state index contributed by atoms with van der Waals surface area (Å²) in [6.07, 6.45) is 0.771. The summed E-state index contributed by atoms with van der Waals surface area (Å²) in [5, 5.41) is 2.81. The molecule has 2 amide bonds. The second-order valence-electron chi connectivity index (χ2n) is 7.61. The van der Waals surface area contributed by atoms with E-state index in [1.165, 1.54) is 18.2 Å². The number of carbonyl (C=O) groups excluding carboxylic acids is 2. The molecule has 6 heteroatoms. The second-order valence-corrected chi connectivity index (χ2v) is 7.61. The minimum absolute atomic E-state index is 0.0294. The number of rotatable bonds is 5. The number of methoxy groups -OCH3 is 1. The summed E-state index contributed by atoms with van der Waals surface area (Å²) in [5.74, 6) is -0.177. The molecule has 31 heavy (non-hydrogen) atoms. The zero-order valence-corrected chi connectivity index (χ0v) is 17.4. The second kappa shape index (κ2) is 8.60. The smallest absolute Gasteiger partial charge is 0.258 e. The van der Waals surface area contributed by atoms with Crippen LogP contribution in [-0.4, -0.2) is 25.0 Å². The van der Waals surface area contributed by atoms with Crippen molar-refractivity contribution >= 4 is 17.5 Å². The van der Waals surface area contributed by atoms with E-state index >= 15 is 0 Å². The minimum Gasteiger partial charge on any atom is -0.497 e. The van der Waals surface area contributed by atoms with Crippen LogP contribution in [0.3, 0.4) is 0 Å². The van der Waals surface area contributed by atoms with E-state index in [-0.39, 0.29) is 30.0 Å². The maximum atomic E-state index is 13.4. The van der Waals surface area contributed by atoms with Gasteiger partial charge in [0.25, 0.3) is 11.8 Å². The van der Waals surface area contributed by atoms with Crippen molar-refractivity contribution in [1.82, 2.24) is 5.32 Å². The predicted octanol–water partition coefficient (Wildman–Crippen LogP) is 4.36. The Morgan fingerprint density at radius 2 is 1.84 bits per heavy atom. The molecule has 0 bridgehead atoms. The Kier molecular flexibility index (Phi) is 5.71. The van der Waals surface area contributed by atoms with E-state index in [9.17, 15) is 14.0 Å². The number of benzene rings is 3. The van der Waals surface area contributed by atoms with E-state index in [1.54, 1.807) is 42.3 Å². The highest BCUT2D eigenvalue weighted by Crippen LogP contribution is 2.34. The van der Waals surface area contributed by atoms with Crippen molar-refractivity contribution in [3.8, 4) is 5.75 Å². The molecule has 3 aromatic rings. The van der Waals surface area contributed by atoms with Gasteiger partial charge in [0, 0.05) is 29.4 Å². The molecule has 1 N–H and O–H groups in total. The first kappa shape index (κ1) is 20.6. The quantitative estimate of drug-likeness (QED) is 0.670. The van der Waals surface area contributed by atoms with Gasteiger partial charge in [-0.1, -0.05) is 18.2 Å². The molecule has 3 aromatic carbocycles. The third kappa shape index (κ3) is 4.28. The lowest BCUT2D eigenvalue weighted by molar-refractivity contribution is 0.0948. The van der Waals surface area contributed by atoms with Gasteiger partial charge in [-0.3, -0.25) is 9.59 Å². The Hall–Kier alpha value is -3.67. The van der Waals surface area contributed by atoms with E-state index < -0.39 is 5.82 Å². The minimum atomic E-state index is -0.452. The number of nitrogens with zero attached hydrogens (tertiary/aromatic N) is 1. The lowest BCUT2D eigenvalue weighted by Crippen LogP contribution is -2.35. The van der Waals surface area contributed by atoms with Crippen molar-refractivity contribution in [2.75, 3.05) is 12.0 Å². The van der Waals surface area contributed by atoms with E-state index in [4.69, 9.17) is 4.74 Å². The van der Waals surface area contributed by atoms with Gasteiger partial charge in [-0.2, -0.15) is 0 Å². The van der Waals surface area contributed by atoms with Crippen LogP contribution in [0.25, 0.3) is 0 Å². The zero-order chi connectivity index (χ0) is 22.0. The fraction of sp³-hybridized carbons (Fsp3) is 0.200. The first-order valence-corrected chi connectivity index (χ1v) is 10.1. The maximum Gasteiger partial charge on any atom is 0.258 e. The predicted molar refractivity (Wildman–Crippen MR) is 117 cm³/mol. The van der Waals surface area contributed by atoms with Crippen molar-refractivity contribution in [1.29, 1.82) is 0 Å². The molecule has 1 atom stereocenters. The largest absolute Gasteiger partial charge is 0.497 e. The van der Waals surface area contributed by atoms with Crippen molar-refractivity contribution < 1.29 is 18.7 Å². The van der Waals surface area contributed by atoms with Crippen LogP contribution in [0.4, 0.5) is 10.1 Å². The van der Waals surface area contributed by atoms with Gasteiger partial charge in [0.15, 0.2) is 0 Å². The molecule has 0 spiro atoms. The van der Waals surface area contributed by atoms with Gasteiger partial charge < -0.3 is 15.0 Å². The van der Waals surface area contributed by atoms with Crippen LogP contribution >= 0.6 is 0 Å². The molecule has 1 aliphatic heterocycles. The first-order valence-electron chi connectivity index (χ1n) is 10.1. The van der Waals surface area contributed by atoms with Crippen LogP contribution in [0.5, 0.6) is 5.75 Å². The molecule has 5 nitrogen and oxygen atoms in total. The van der Waals surface area contributed by atoms with Crippen LogP contribution in [0.15, 0.2) is 66.7 Å². The van der Waals surface area contributed by atoms with E-state index in [0.717, 1.165) is 23.2 Å². The monoisotopic (exact) mass is 418 g/mol. The maximum absolute atomic E-state index is 13.4. The summed E-state index contributed by atoms with van der Waals surface area (Å²) in [6.45, 7) is 2.30. The standard InChI is InChI=1S/C25H23FN2O3/c1-16-12-19-7-6-17(15-27-24(29)20-4-3-5-21(26)14-20)13-23(19)28(16)25(30)18-8-10-22(31-2)11-9-18/h3-11,13-14,16H,12,15H2,1-2H3,(H,27,29). The molecule has 1 aliphatic rings. The fourth-order valence-corrected chi connectivity index (χ4v) is 3.86. The van der Waals surface area contributed by atoms with Crippen molar-refractivity contribution in [2.24, 2.45) is 0 Å². The highest BCUT2D eigenvalue weighted by atomic mass is 19.1. The van der Waals surface area contributed by atoms with Crippen molar-refractivity contribution in [3.63, 3.8) is 0 Å². The summed E-state index contributed by atoms with van der Waals surface area (Å²) in [6, 6.07) is 18.5. The lowest BCUT2D eigenvalue weighted by atomic mass is 10.1. The Bertz CT molecular complexity index is 1130. The molecular weight excluding hydrogens is 395 g/mol. The van der Waals surface area contributed by atoms with Gasteiger partial charge in [-0.15, -0.1) is 0 Å². The zero-order valence-electron chi connectivity index (χ0n) is 17.4. The number of nitrogens with one attached hydrogen (secondary N) is 1. The van der Waals surface area contributed by atoms with E-state index in [2.05, 4.69) is 5.32 Å². The first-order chi connectivity index (χ1) is 15.0. The third-order valence-corrected chi connectivity index (χ3v) is 5.46. The summed E-state index contributed by atoms with van der Waals surface area (Å²) < 4.78 is 18.5. The number of carbonyl (C=O) groups is 2. The normalized spacial score (nSPS) is 14.8. The van der Waals surface area contributed by atoms with Crippen molar-refractivity contribution in [2.45, 2.75) is 25.9 Å². The van der Waals surface area contributed by atoms with Gasteiger partial charge in [0.05, 0.1) is 7.11 Å². The molecule has 0 radical (unpaired) electrons. The number of anilines is 1. The highest BCUT2D eigenvalue weighted by Gasteiger charge is 2.31. The highest BCUT2D eigenvalue weighted by molar-refractivity contribution is 6.07. The van der Waals surface area contributed by atoms with Crippen molar-refractivity contribution in [3.05, 3.63) is 94.8 Å². The Balaban J connectivity index is 1.52. The lowest BCUT2D eigenvalue weighted by Gasteiger charge is -2.23. The average Bonchev–Trinajstić information content (AvgIpc) is 3.12. The van der Waals surface area contributed by atoms with Crippen LogP contribution in [-0.2, 0) is 13.0 Å². The number of halogens is 1. The molecule has 1 unspecified atom stereocenters.